The van der Waals surface area contributed by atoms with Crippen LogP contribution in [0.2, 0.25) is 0 Å². The fourth-order valence-electron chi connectivity index (χ4n) is 3.13. The lowest BCUT2D eigenvalue weighted by Crippen LogP contribution is -3.20. The van der Waals surface area contributed by atoms with E-state index < -0.39 is 12.5 Å². The molecule has 1 aromatic rings. The van der Waals surface area contributed by atoms with Gasteiger partial charge < -0.3 is 15.7 Å². The number of hydrogen-bond donors (Lipinski definition) is 5. The highest BCUT2D eigenvalue weighted by atomic mass is 16.3. The maximum Gasteiger partial charge on any atom is 0.290 e. The Labute approximate surface area is 182 Å². The number of quaternary nitrogens is 1. The number of anilines is 1. The number of allylic oxidation sites excluding steroid dienone is 1. The fraction of sp³-hybridized carbons (Fsp3) is 0.409. The van der Waals surface area contributed by atoms with Crippen LogP contribution in [0.15, 0.2) is 47.9 Å². The van der Waals surface area contributed by atoms with Crippen molar-refractivity contribution in [3.8, 4) is 0 Å². The fourth-order valence-corrected chi connectivity index (χ4v) is 3.13. The lowest BCUT2D eigenvalue weighted by molar-refractivity contribution is -0.923. The molecule has 0 spiro atoms. The van der Waals surface area contributed by atoms with Crippen LogP contribution in [0.25, 0.3) is 0 Å². The topological polar surface area (TPSA) is 115 Å². The number of aliphatic hydroxyl groups excluding tert-OH is 1. The predicted octanol–water partition coefficient (Wildman–Crippen LogP) is -0.146. The molecule has 0 aromatic heterocycles. The van der Waals surface area contributed by atoms with E-state index in [2.05, 4.69) is 29.9 Å². The monoisotopic (exact) mass is 430 g/mol. The quantitative estimate of drug-likeness (QED) is 0.350. The number of aliphatic hydroxyl groups is 1. The van der Waals surface area contributed by atoms with Crippen molar-refractivity contribution in [2.24, 2.45) is 0 Å². The van der Waals surface area contributed by atoms with E-state index >= 15 is 0 Å². The molecule has 0 radical (unpaired) electrons. The van der Waals surface area contributed by atoms with Gasteiger partial charge >= 0.3 is 0 Å². The van der Waals surface area contributed by atoms with Crippen molar-refractivity contribution >= 4 is 23.4 Å². The molecule has 31 heavy (non-hydrogen) atoms. The first-order valence-corrected chi connectivity index (χ1v) is 10.3. The highest BCUT2D eigenvalue weighted by molar-refractivity contribution is 5.95. The number of nitrogens with one attached hydrogen (secondary N) is 4. The van der Waals surface area contributed by atoms with E-state index in [0.29, 0.717) is 28.0 Å². The summed E-state index contributed by atoms with van der Waals surface area (Å²) < 4.78 is 0. The molecule has 168 valence electrons. The molecule has 0 bridgehead atoms. The normalized spacial score (nSPS) is 16.1. The summed E-state index contributed by atoms with van der Waals surface area (Å²) in [6.45, 7) is 5.39. The third-order valence-electron chi connectivity index (χ3n) is 4.83. The lowest BCUT2D eigenvalue weighted by Gasteiger charge is -2.28. The molecule has 3 amide bonds. The summed E-state index contributed by atoms with van der Waals surface area (Å²) in [6, 6.07) is 7.56. The smallest absolute Gasteiger partial charge is 0.290 e. The first-order valence-electron chi connectivity index (χ1n) is 10.3. The molecule has 9 nitrogen and oxygen atoms in total. The highest BCUT2D eigenvalue weighted by Crippen LogP contribution is 2.17. The molecule has 9 heteroatoms. The average molecular weight is 431 g/mol. The standard InChI is InChI=1S/C22H31N5O4/c1-5-6-19-23-11-17(22(31)26(19)4)12-27(25-21(30)14-28)13-20(29)24-18-9-7-16(8-10-18)15(2)3/h6-11,15,23,28H,5,12-14H2,1-4H3,(H,24,29)(H,25,30)/p+1/b19-6-. The van der Waals surface area contributed by atoms with Gasteiger partial charge in [-0.2, -0.15) is 0 Å². The van der Waals surface area contributed by atoms with Gasteiger partial charge in [0.05, 0.1) is 5.57 Å². The van der Waals surface area contributed by atoms with E-state index in [0.717, 1.165) is 12.0 Å². The maximum absolute atomic E-state index is 12.7. The van der Waals surface area contributed by atoms with E-state index in [1.165, 1.54) is 4.90 Å². The number of likely N-dealkylation sites (N-methyl/N-ethyl adjacent to an activating group) is 1. The first-order chi connectivity index (χ1) is 14.7. The summed E-state index contributed by atoms with van der Waals surface area (Å²) in [6.07, 6.45) is 4.24. The predicted molar refractivity (Wildman–Crippen MR) is 117 cm³/mol. The van der Waals surface area contributed by atoms with Crippen LogP contribution >= 0.6 is 0 Å². The van der Waals surface area contributed by atoms with Gasteiger partial charge in [0.15, 0.2) is 6.54 Å². The Kier molecular flexibility index (Phi) is 8.77. The minimum atomic E-state index is -0.712. The molecule has 1 atom stereocenters. The van der Waals surface area contributed by atoms with Gasteiger partial charge in [0, 0.05) is 18.9 Å². The molecule has 5 N–H and O–H groups in total. The number of benzene rings is 1. The zero-order valence-electron chi connectivity index (χ0n) is 18.5. The van der Waals surface area contributed by atoms with E-state index in [9.17, 15) is 14.4 Å². The molecule has 0 saturated carbocycles. The summed E-state index contributed by atoms with van der Waals surface area (Å²) in [7, 11) is 1.66. The van der Waals surface area contributed by atoms with Crippen LogP contribution < -0.4 is 21.1 Å². The zero-order valence-corrected chi connectivity index (χ0v) is 18.5. The molecule has 1 aliphatic heterocycles. The van der Waals surface area contributed by atoms with Gasteiger partial charge in [-0.25, -0.2) is 10.4 Å². The van der Waals surface area contributed by atoms with Crippen LogP contribution in [0.4, 0.5) is 5.69 Å². The second-order valence-corrected chi connectivity index (χ2v) is 7.66. The first kappa shape index (κ1) is 24.1. The molecule has 0 fully saturated rings. The van der Waals surface area contributed by atoms with Crippen molar-refractivity contribution in [3.63, 3.8) is 0 Å². The zero-order chi connectivity index (χ0) is 23.0. The molecule has 1 heterocycles. The second-order valence-electron chi connectivity index (χ2n) is 7.66. The molecular formula is C22H32N5O4+. The summed E-state index contributed by atoms with van der Waals surface area (Å²) >= 11 is 0. The van der Waals surface area contributed by atoms with Crippen molar-refractivity contribution in [2.45, 2.75) is 33.1 Å². The summed E-state index contributed by atoms with van der Waals surface area (Å²) in [4.78, 5) is 38.4. The van der Waals surface area contributed by atoms with Crippen LogP contribution in [0.1, 0.15) is 38.7 Å². The number of carbonyl (C=O) groups excluding carboxylic acids is 3. The molecule has 0 aliphatic carbocycles. The highest BCUT2D eigenvalue weighted by Gasteiger charge is 2.28. The summed E-state index contributed by atoms with van der Waals surface area (Å²) in [5.74, 6) is -0.124. The minimum absolute atomic E-state index is 0.0705. The molecule has 1 aromatic carbocycles. The van der Waals surface area contributed by atoms with Crippen LogP contribution in [0.3, 0.4) is 0 Å². The number of amides is 3. The lowest BCUT2D eigenvalue weighted by atomic mass is 10.0. The second kappa shape index (κ2) is 11.3. The van der Waals surface area contributed by atoms with Gasteiger partial charge in [-0.15, -0.1) is 0 Å². The van der Waals surface area contributed by atoms with Crippen molar-refractivity contribution in [1.29, 1.82) is 0 Å². The van der Waals surface area contributed by atoms with Crippen molar-refractivity contribution in [2.75, 3.05) is 32.1 Å². The Morgan fingerprint density at radius 2 is 1.90 bits per heavy atom. The third-order valence-corrected chi connectivity index (χ3v) is 4.83. The van der Waals surface area contributed by atoms with Crippen LogP contribution in [-0.2, 0) is 14.4 Å². The van der Waals surface area contributed by atoms with Gasteiger partial charge in [0.2, 0.25) is 0 Å². The van der Waals surface area contributed by atoms with Gasteiger partial charge in [-0.1, -0.05) is 32.9 Å². The Morgan fingerprint density at radius 1 is 1.23 bits per heavy atom. The Bertz CT molecular complexity index is 861. The van der Waals surface area contributed by atoms with E-state index in [4.69, 9.17) is 5.11 Å². The molecule has 2 rings (SSSR count). The van der Waals surface area contributed by atoms with Crippen LogP contribution in [0.5, 0.6) is 0 Å². The SMILES string of the molecule is CC/C=C1/NC=C(C[NH+](CC(=O)Nc2ccc(C(C)C)cc2)NC(=O)CO)C(=O)N1C. The number of hydrogen-bond acceptors (Lipinski definition) is 5. The molecular weight excluding hydrogens is 398 g/mol. The number of carbonyl (C=O) groups is 3. The molecule has 0 saturated heterocycles. The largest absolute Gasteiger partial charge is 0.386 e. The number of nitrogens with zero attached hydrogens (tertiary/aromatic N) is 1. The molecule has 1 unspecified atom stereocenters. The Morgan fingerprint density at radius 3 is 2.48 bits per heavy atom. The van der Waals surface area contributed by atoms with Gasteiger partial charge in [-0.3, -0.25) is 19.3 Å². The Balaban J connectivity index is 2.08. The van der Waals surface area contributed by atoms with Crippen LogP contribution in [0, 0.1) is 0 Å². The van der Waals surface area contributed by atoms with E-state index in [1.807, 2.05) is 37.3 Å². The van der Waals surface area contributed by atoms with E-state index in [-0.39, 0.29) is 24.9 Å². The van der Waals surface area contributed by atoms with Gasteiger partial charge in [0.25, 0.3) is 17.7 Å². The van der Waals surface area contributed by atoms with Gasteiger partial charge in [0.1, 0.15) is 19.0 Å². The van der Waals surface area contributed by atoms with Crippen molar-refractivity contribution in [3.05, 3.63) is 53.5 Å². The summed E-state index contributed by atoms with van der Waals surface area (Å²) in [5, 5.41) is 15.3. The van der Waals surface area contributed by atoms with E-state index in [1.54, 1.807) is 13.2 Å². The minimum Gasteiger partial charge on any atom is -0.386 e. The molecule has 1 aliphatic rings. The average Bonchev–Trinajstić information content (AvgIpc) is 2.73. The van der Waals surface area contributed by atoms with Gasteiger partial charge in [-0.05, 0) is 36.1 Å². The Hall–Kier alpha value is -3.17. The van der Waals surface area contributed by atoms with Crippen molar-refractivity contribution < 1.29 is 24.5 Å². The van der Waals surface area contributed by atoms with Crippen molar-refractivity contribution in [1.82, 2.24) is 15.6 Å². The summed E-state index contributed by atoms with van der Waals surface area (Å²) in [5.41, 5.74) is 4.75. The maximum atomic E-state index is 12.7. The van der Waals surface area contributed by atoms with Crippen LogP contribution in [-0.4, -0.2) is 54.5 Å². The third kappa shape index (κ3) is 6.94. The number of rotatable bonds is 9.